The molecule has 8 nitrogen and oxygen atoms in total. The molecule has 9 heteroatoms. The second-order valence-electron chi connectivity index (χ2n) is 7.26. The number of ether oxygens (including phenoxy) is 1. The normalized spacial score (nSPS) is 15.3. The largest absolute Gasteiger partial charge is 0.479 e. The van der Waals surface area contributed by atoms with Crippen molar-refractivity contribution in [3.63, 3.8) is 0 Å². The molecular weight excluding hydrogens is 420 g/mol. The molecule has 2 heterocycles. The van der Waals surface area contributed by atoms with E-state index in [0.717, 1.165) is 11.3 Å². The fraction of sp³-hybridized carbons (Fsp3) is 0.227. The lowest BCUT2D eigenvalue weighted by molar-refractivity contribution is -0.125. The Hall–Kier alpha value is -3.52. The monoisotopic (exact) mass is 440 g/mol. The number of hydrogen-bond donors (Lipinski definition) is 2. The van der Waals surface area contributed by atoms with E-state index in [2.05, 4.69) is 15.8 Å². The topological polar surface area (TPSA) is 96.7 Å². The van der Waals surface area contributed by atoms with E-state index in [1.54, 1.807) is 54.3 Å². The van der Waals surface area contributed by atoms with Gasteiger partial charge in [-0.1, -0.05) is 16.8 Å². The van der Waals surface area contributed by atoms with E-state index in [0.29, 0.717) is 40.1 Å². The van der Waals surface area contributed by atoms with Crippen LogP contribution in [0.1, 0.15) is 23.9 Å². The number of benzene rings is 2. The highest BCUT2D eigenvalue weighted by Gasteiger charge is 2.33. The summed E-state index contributed by atoms with van der Waals surface area (Å²) in [6.45, 7) is 5.64. The molecule has 0 saturated carbocycles. The fourth-order valence-corrected chi connectivity index (χ4v) is 3.49. The minimum atomic E-state index is -0.625. The quantitative estimate of drug-likeness (QED) is 0.601. The average Bonchev–Trinajstić information content (AvgIpc) is 3.05. The Balaban J connectivity index is 1.57. The first-order valence-corrected chi connectivity index (χ1v) is 10.1. The number of aromatic nitrogens is 1. The highest BCUT2D eigenvalue weighted by molar-refractivity contribution is 6.30. The molecule has 3 aromatic rings. The molecule has 2 N–H and O–H groups in total. The first-order chi connectivity index (χ1) is 14.8. The van der Waals surface area contributed by atoms with Crippen LogP contribution in [-0.2, 0) is 11.3 Å². The van der Waals surface area contributed by atoms with Crippen LogP contribution in [-0.4, -0.2) is 23.2 Å². The van der Waals surface area contributed by atoms with Gasteiger partial charge in [-0.3, -0.25) is 4.79 Å². The zero-order chi connectivity index (χ0) is 22.1. The molecule has 4 rings (SSSR count). The summed E-state index contributed by atoms with van der Waals surface area (Å²) in [5, 5.41) is 10.1. The molecule has 1 atom stereocenters. The first-order valence-electron chi connectivity index (χ1n) is 9.69. The highest BCUT2D eigenvalue weighted by Crippen LogP contribution is 2.37. The van der Waals surface area contributed by atoms with Crippen molar-refractivity contribution in [2.45, 2.75) is 33.4 Å². The van der Waals surface area contributed by atoms with Gasteiger partial charge in [0.05, 0.1) is 17.9 Å². The zero-order valence-electron chi connectivity index (χ0n) is 17.2. The number of aryl methyl sites for hydroxylation is 2. The molecule has 3 amide bonds. The van der Waals surface area contributed by atoms with Crippen LogP contribution in [0.25, 0.3) is 0 Å². The van der Waals surface area contributed by atoms with Gasteiger partial charge in [-0.15, -0.1) is 0 Å². The summed E-state index contributed by atoms with van der Waals surface area (Å²) in [6, 6.07) is 11.5. The minimum Gasteiger partial charge on any atom is -0.479 e. The summed E-state index contributed by atoms with van der Waals surface area (Å²) in [5.41, 5.74) is 3.24. The van der Waals surface area contributed by atoms with Crippen molar-refractivity contribution in [1.29, 1.82) is 0 Å². The molecular formula is C22H21ClN4O4. The number of hydrogen-bond acceptors (Lipinski definition) is 5. The zero-order valence-corrected chi connectivity index (χ0v) is 18.0. The number of carbonyl (C=O) groups is 2. The maximum Gasteiger partial charge on any atom is 0.323 e. The molecule has 1 unspecified atom stereocenters. The van der Waals surface area contributed by atoms with E-state index < -0.39 is 12.1 Å². The van der Waals surface area contributed by atoms with Gasteiger partial charge in [0.15, 0.2) is 6.10 Å². The second-order valence-corrected chi connectivity index (χ2v) is 7.69. The standard InChI is InChI=1S/C22H21ClN4O4/c1-12-18(13(2)31-26-12)11-27-19-10-17(8-9-20(19)30-14(3)21(27)28)25-22(29)24-16-6-4-15(23)5-7-16/h4-10,14H,11H2,1-3H3,(H2,24,25,29). The lowest BCUT2D eigenvalue weighted by atomic mass is 10.1. The molecule has 160 valence electrons. The van der Waals surface area contributed by atoms with Crippen LogP contribution in [0.2, 0.25) is 5.02 Å². The van der Waals surface area contributed by atoms with Gasteiger partial charge in [-0.2, -0.15) is 0 Å². The van der Waals surface area contributed by atoms with Crippen LogP contribution in [0.4, 0.5) is 21.9 Å². The Bertz CT molecular complexity index is 1120. The van der Waals surface area contributed by atoms with E-state index in [1.165, 1.54) is 0 Å². The van der Waals surface area contributed by atoms with Crippen LogP contribution in [0.15, 0.2) is 47.0 Å². The van der Waals surface area contributed by atoms with Crippen molar-refractivity contribution < 1.29 is 18.8 Å². The van der Waals surface area contributed by atoms with E-state index in [-0.39, 0.29) is 5.91 Å². The molecule has 1 aromatic heterocycles. The van der Waals surface area contributed by atoms with Gasteiger partial charge in [-0.05, 0) is 63.2 Å². The summed E-state index contributed by atoms with van der Waals surface area (Å²) in [6.07, 6.45) is -0.625. The smallest absolute Gasteiger partial charge is 0.323 e. The number of rotatable bonds is 4. The Labute approximate surface area is 184 Å². The number of nitrogens with zero attached hydrogens (tertiary/aromatic N) is 2. The molecule has 0 saturated heterocycles. The molecule has 1 aliphatic rings. The van der Waals surface area contributed by atoms with Crippen molar-refractivity contribution in [3.05, 3.63) is 64.5 Å². The lowest BCUT2D eigenvalue weighted by Gasteiger charge is -2.33. The summed E-state index contributed by atoms with van der Waals surface area (Å²) in [7, 11) is 0. The molecule has 31 heavy (non-hydrogen) atoms. The third kappa shape index (κ3) is 4.34. The maximum absolute atomic E-state index is 12.9. The Morgan fingerprint density at radius 1 is 1.13 bits per heavy atom. The fourth-order valence-electron chi connectivity index (χ4n) is 3.36. The van der Waals surface area contributed by atoms with Gasteiger partial charge in [0.25, 0.3) is 5.91 Å². The predicted molar refractivity (Wildman–Crippen MR) is 118 cm³/mol. The lowest BCUT2D eigenvalue weighted by Crippen LogP contribution is -2.44. The van der Waals surface area contributed by atoms with E-state index >= 15 is 0 Å². The molecule has 0 bridgehead atoms. The molecule has 1 aliphatic heterocycles. The Morgan fingerprint density at radius 2 is 1.81 bits per heavy atom. The van der Waals surface area contributed by atoms with Crippen molar-refractivity contribution in [3.8, 4) is 5.75 Å². The van der Waals surface area contributed by atoms with Crippen molar-refractivity contribution >= 4 is 40.6 Å². The summed E-state index contributed by atoms with van der Waals surface area (Å²) in [4.78, 5) is 26.9. The number of nitrogens with one attached hydrogen (secondary N) is 2. The second kappa shape index (κ2) is 8.31. The van der Waals surface area contributed by atoms with Gasteiger partial charge in [0, 0.05) is 22.0 Å². The number of anilines is 3. The summed E-state index contributed by atoms with van der Waals surface area (Å²) < 4.78 is 11.0. The highest BCUT2D eigenvalue weighted by atomic mass is 35.5. The Morgan fingerprint density at radius 3 is 2.48 bits per heavy atom. The van der Waals surface area contributed by atoms with Crippen LogP contribution in [0.5, 0.6) is 5.75 Å². The van der Waals surface area contributed by atoms with Crippen LogP contribution < -0.4 is 20.3 Å². The van der Waals surface area contributed by atoms with E-state index in [9.17, 15) is 9.59 Å². The minimum absolute atomic E-state index is 0.185. The van der Waals surface area contributed by atoms with Gasteiger partial charge in [0.1, 0.15) is 11.5 Å². The van der Waals surface area contributed by atoms with Gasteiger partial charge in [0.2, 0.25) is 0 Å². The third-order valence-electron chi connectivity index (χ3n) is 5.02. The first kappa shape index (κ1) is 20.7. The number of urea groups is 1. The van der Waals surface area contributed by atoms with Crippen molar-refractivity contribution in [1.82, 2.24) is 5.16 Å². The average molecular weight is 441 g/mol. The predicted octanol–water partition coefficient (Wildman–Crippen LogP) is 4.90. The molecule has 0 aliphatic carbocycles. The van der Waals surface area contributed by atoms with Gasteiger partial charge >= 0.3 is 6.03 Å². The van der Waals surface area contributed by atoms with Gasteiger partial charge < -0.3 is 24.8 Å². The number of halogens is 1. The van der Waals surface area contributed by atoms with E-state index in [1.807, 2.05) is 13.8 Å². The Kier molecular flexibility index (Phi) is 5.56. The number of amides is 3. The van der Waals surface area contributed by atoms with Crippen LogP contribution >= 0.6 is 11.6 Å². The molecule has 0 radical (unpaired) electrons. The SMILES string of the molecule is Cc1noc(C)c1CN1C(=O)C(C)Oc2ccc(NC(=O)Nc3ccc(Cl)cc3)cc21. The van der Waals surface area contributed by atoms with Crippen LogP contribution in [0, 0.1) is 13.8 Å². The molecule has 0 spiro atoms. The summed E-state index contributed by atoms with van der Waals surface area (Å²) >= 11 is 5.87. The van der Waals surface area contributed by atoms with Crippen molar-refractivity contribution in [2.24, 2.45) is 0 Å². The third-order valence-corrected chi connectivity index (χ3v) is 5.28. The summed E-state index contributed by atoms with van der Waals surface area (Å²) in [5.74, 6) is 1.03. The molecule has 0 fully saturated rings. The van der Waals surface area contributed by atoms with Crippen molar-refractivity contribution in [2.75, 3.05) is 15.5 Å². The number of fused-ring (bicyclic) bond motifs is 1. The maximum atomic E-state index is 12.9. The van der Waals surface area contributed by atoms with Crippen LogP contribution in [0.3, 0.4) is 0 Å². The molecule has 2 aromatic carbocycles. The van der Waals surface area contributed by atoms with E-state index in [4.69, 9.17) is 20.9 Å². The van der Waals surface area contributed by atoms with Gasteiger partial charge in [-0.25, -0.2) is 4.79 Å². The number of carbonyl (C=O) groups excluding carboxylic acids is 2.